The molecular formula is C9H12N2O4. The van der Waals surface area contributed by atoms with Crippen LogP contribution >= 0.6 is 0 Å². The van der Waals surface area contributed by atoms with E-state index >= 15 is 0 Å². The monoisotopic (exact) mass is 212 g/mol. The average molecular weight is 212 g/mol. The van der Waals surface area contributed by atoms with Gasteiger partial charge in [0.2, 0.25) is 0 Å². The first-order valence-electron chi connectivity index (χ1n) is 4.46. The number of ketones is 1. The third-order valence-corrected chi connectivity index (χ3v) is 2.00. The van der Waals surface area contributed by atoms with Crippen LogP contribution in [0.25, 0.3) is 0 Å². The van der Waals surface area contributed by atoms with Gasteiger partial charge in [-0.15, -0.1) is 0 Å². The molecule has 0 aliphatic rings. The summed E-state index contributed by atoms with van der Waals surface area (Å²) < 4.78 is 6.52. The van der Waals surface area contributed by atoms with Crippen LogP contribution in [-0.2, 0) is 7.05 Å². The first-order chi connectivity index (χ1) is 6.99. The number of aromatic nitrogens is 1. The summed E-state index contributed by atoms with van der Waals surface area (Å²) in [7, 11) is 1.56. The lowest BCUT2D eigenvalue weighted by molar-refractivity contribution is -0.385. The standard InChI is InChI=1S/C9H12N2O4/c1-4-15-9-8(11(13)14)5-7(6(2)12)10(9)3/h5H,4H2,1-3H3. The molecule has 0 saturated heterocycles. The minimum atomic E-state index is -0.558. The van der Waals surface area contributed by atoms with Crippen molar-refractivity contribution in [3.05, 3.63) is 21.9 Å². The van der Waals surface area contributed by atoms with Crippen LogP contribution in [0.3, 0.4) is 0 Å². The zero-order valence-corrected chi connectivity index (χ0v) is 8.81. The van der Waals surface area contributed by atoms with Crippen LogP contribution in [0, 0.1) is 10.1 Å². The number of nitrogens with zero attached hydrogens (tertiary/aromatic N) is 2. The highest BCUT2D eigenvalue weighted by molar-refractivity contribution is 5.94. The molecule has 1 rings (SSSR count). The van der Waals surface area contributed by atoms with Gasteiger partial charge in [-0.1, -0.05) is 0 Å². The maximum absolute atomic E-state index is 11.2. The molecule has 0 N–H and O–H groups in total. The lowest BCUT2D eigenvalue weighted by atomic mass is 10.3. The van der Waals surface area contributed by atoms with Crippen molar-refractivity contribution in [1.29, 1.82) is 0 Å². The number of Topliss-reactive ketones (excluding diaryl/α,β-unsaturated/α-hetero) is 1. The van der Waals surface area contributed by atoms with E-state index in [4.69, 9.17) is 4.74 Å². The van der Waals surface area contributed by atoms with Crippen molar-refractivity contribution in [2.75, 3.05) is 6.61 Å². The molecule has 0 fully saturated rings. The smallest absolute Gasteiger partial charge is 0.331 e. The van der Waals surface area contributed by atoms with E-state index in [0.717, 1.165) is 0 Å². The number of carbonyl (C=O) groups excluding carboxylic acids is 1. The summed E-state index contributed by atoms with van der Waals surface area (Å²) in [6, 6.07) is 1.23. The van der Waals surface area contributed by atoms with E-state index in [9.17, 15) is 14.9 Å². The summed E-state index contributed by atoms with van der Waals surface area (Å²) in [5.74, 6) is -0.112. The number of carbonyl (C=O) groups is 1. The summed E-state index contributed by atoms with van der Waals surface area (Å²) in [6.07, 6.45) is 0. The van der Waals surface area contributed by atoms with Gasteiger partial charge in [0, 0.05) is 20.0 Å². The molecule has 82 valence electrons. The van der Waals surface area contributed by atoms with E-state index in [-0.39, 0.29) is 23.0 Å². The number of ether oxygens (including phenoxy) is 1. The second-order valence-corrected chi connectivity index (χ2v) is 3.03. The normalized spacial score (nSPS) is 10.1. The van der Waals surface area contributed by atoms with Gasteiger partial charge in [-0.25, -0.2) is 0 Å². The van der Waals surface area contributed by atoms with Crippen molar-refractivity contribution in [2.24, 2.45) is 7.05 Å². The molecule has 6 heteroatoms. The molecule has 15 heavy (non-hydrogen) atoms. The van der Waals surface area contributed by atoms with Crippen LogP contribution in [0.2, 0.25) is 0 Å². The van der Waals surface area contributed by atoms with Crippen LogP contribution in [0.15, 0.2) is 6.07 Å². The second kappa shape index (κ2) is 4.12. The van der Waals surface area contributed by atoms with Gasteiger partial charge in [0.05, 0.1) is 17.2 Å². The van der Waals surface area contributed by atoms with Gasteiger partial charge in [-0.05, 0) is 6.92 Å². The minimum absolute atomic E-state index is 0.118. The van der Waals surface area contributed by atoms with E-state index < -0.39 is 4.92 Å². The molecule has 0 spiro atoms. The van der Waals surface area contributed by atoms with Crippen molar-refractivity contribution < 1.29 is 14.5 Å². The fourth-order valence-corrected chi connectivity index (χ4v) is 1.35. The van der Waals surface area contributed by atoms with Crippen molar-refractivity contribution in [3.8, 4) is 5.88 Å². The largest absolute Gasteiger partial charge is 0.474 e. The van der Waals surface area contributed by atoms with Gasteiger partial charge in [0.1, 0.15) is 0 Å². The molecule has 0 aromatic carbocycles. The molecule has 0 bridgehead atoms. The Hall–Kier alpha value is -1.85. The molecule has 1 aromatic rings. The van der Waals surface area contributed by atoms with E-state index in [0.29, 0.717) is 6.61 Å². The molecule has 0 aliphatic heterocycles. The molecule has 1 heterocycles. The maximum atomic E-state index is 11.2. The SMILES string of the molecule is CCOc1c([N+](=O)[O-])cc(C(C)=O)n1C. The Morgan fingerprint density at radius 1 is 1.67 bits per heavy atom. The molecule has 0 radical (unpaired) electrons. The molecule has 6 nitrogen and oxygen atoms in total. The van der Waals surface area contributed by atoms with E-state index in [1.165, 1.54) is 17.6 Å². The quantitative estimate of drug-likeness (QED) is 0.431. The topological polar surface area (TPSA) is 74.4 Å². The number of hydrogen-bond acceptors (Lipinski definition) is 4. The second-order valence-electron chi connectivity index (χ2n) is 3.03. The average Bonchev–Trinajstić information content (AvgIpc) is 2.45. The number of nitro groups is 1. The van der Waals surface area contributed by atoms with Crippen LogP contribution < -0.4 is 4.74 Å². The zero-order valence-electron chi connectivity index (χ0n) is 8.81. The van der Waals surface area contributed by atoms with E-state index in [2.05, 4.69) is 0 Å². The predicted molar refractivity (Wildman–Crippen MR) is 53.2 cm³/mol. The van der Waals surface area contributed by atoms with Crippen molar-refractivity contribution in [2.45, 2.75) is 13.8 Å². The Labute approximate surface area is 86.6 Å². The summed E-state index contributed by atoms with van der Waals surface area (Å²) in [6.45, 7) is 3.40. The summed E-state index contributed by atoms with van der Waals surface area (Å²) in [4.78, 5) is 21.3. The van der Waals surface area contributed by atoms with Crippen molar-refractivity contribution >= 4 is 11.5 Å². The van der Waals surface area contributed by atoms with Crippen LogP contribution in [0.5, 0.6) is 5.88 Å². The maximum Gasteiger partial charge on any atom is 0.331 e. The number of hydrogen-bond donors (Lipinski definition) is 0. The molecule has 0 aliphatic carbocycles. The molecule has 0 atom stereocenters. The third-order valence-electron chi connectivity index (χ3n) is 2.00. The van der Waals surface area contributed by atoms with Crippen LogP contribution in [0.4, 0.5) is 5.69 Å². The molecular weight excluding hydrogens is 200 g/mol. The Bertz CT molecular complexity index is 408. The lowest BCUT2D eigenvalue weighted by Crippen LogP contribution is -2.05. The van der Waals surface area contributed by atoms with Gasteiger partial charge in [-0.2, -0.15) is 0 Å². The van der Waals surface area contributed by atoms with Gasteiger partial charge < -0.3 is 9.30 Å². The Balaban J connectivity index is 3.32. The van der Waals surface area contributed by atoms with Crippen molar-refractivity contribution in [3.63, 3.8) is 0 Å². The molecule has 1 aromatic heterocycles. The summed E-state index contributed by atoms with van der Waals surface area (Å²) in [5, 5.41) is 10.7. The summed E-state index contributed by atoms with van der Waals surface area (Å²) >= 11 is 0. The van der Waals surface area contributed by atoms with Gasteiger partial charge in [0.15, 0.2) is 5.78 Å². The highest BCUT2D eigenvalue weighted by Gasteiger charge is 2.24. The number of rotatable bonds is 4. The van der Waals surface area contributed by atoms with E-state index in [1.54, 1.807) is 14.0 Å². The highest BCUT2D eigenvalue weighted by Crippen LogP contribution is 2.30. The van der Waals surface area contributed by atoms with Crippen LogP contribution in [0.1, 0.15) is 24.3 Å². The molecule has 0 unspecified atom stereocenters. The first kappa shape index (κ1) is 11.2. The lowest BCUT2D eigenvalue weighted by Gasteiger charge is -2.04. The van der Waals surface area contributed by atoms with Crippen molar-refractivity contribution in [1.82, 2.24) is 4.57 Å². The third kappa shape index (κ3) is 1.98. The van der Waals surface area contributed by atoms with Gasteiger partial charge in [0.25, 0.3) is 5.88 Å². The Kier molecular flexibility index (Phi) is 3.08. The fourth-order valence-electron chi connectivity index (χ4n) is 1.35. The van der Waals surface area contributed by atoms with Gasteiger partial charge in [-0.3, -0.25) is 14.9 Å². The Morgan fingerprint density at radius 2 is 2.27 bits per heavy atom. The zero-order chi connectivity index (χ0) is 11.6. The molecule has 0 saturated carbocycles. The predicted octanol–water partition coefficient (Wildman–Crippen LogP) is 1.53. The highest BCUT2D eigenvalue weighted by atomic mass is 16.6. The Morgan fingerprint density at radius 3 is 2.67 bits per heavy atom. The summed E-state index contributed by atoms with van der Waals surface area (Å²) in [5.41, 5.74) is 0.0923. The minimum Gasteiger partial charge on any atom is -0.474 e. The molecule has 0 amide bonds. The van der Waals surface area contributed by atoms with E-state index in [1.807, 2.05) is 0 Å². The fraction of sp³-hybridized carbons (Fsp3) is 0.444. The first-order valence-corrected chi connectivity index (χ1v) is 4.46. The van der Waals surface area contributed by atoms with Crippen LogP contribution in [-0.4, -0.2) is 21.9 Å². The van der Waals surface area contributed by atoms with Gasteiger partial charge >= 0.3 is 5.69 Å².